The molecule has 2 rings (SSSR count). The Balaban J connectivity index is 2.59. The molecule has 5 nitrogen and oxygen atoms in total. The summed E-state index contributed by atoms with van der Waals surface area (Å²) in [5.41, 5.74) is 0.0759. The highest BCUT2D eigenvalue weighted by Gasteiger charge is 2.21. The molecule has 0 fully saturated rings. The lowest BCUT2D eigenvalue weighted by Crippen LogP contribution is -2.31. The molecule has 1 atom stereocenters. The van der Waals surface area contributed by atoms with E-state index in [4.69, 9.17) is 0 Å². The molecule has 1 aromatic heterocycles. The quantitative estimate of drug-likeness (QED) is 0.864. The number of benzene rings is 1. The average molecular weight is 291 g/mol. The Kier molecular flexibility index (Phi) is 4.49. The number of hydrogen-bond acceptors (Lipinski definition) is 4. The van der Waals surface area contributed by atoms with Crippen molar-refractivity contribution in [2.45, 2.75) is 6.04 Å². The van der Waals surface area contributed by atoms with Crippen molar-refractivity contribution in [3.8, 4) is 0 Å². The zero-order valence-corrected chi connectivity index (χ0v) is 11.3. The van der Waals surface area contributed by atoms with E-state index >= 15 is 0 Å². The zero-order valence-electron chi connectivity index (χ0n) is 11.3. The van der Waals surface area contributed by atoms with E-state index in [-0.39, 0.29) is 5.69 Å². The highest BCUT2D eigenvalue weighted by atomic mass is 19.1. The molecule has 1 unspecified atom stereocenters. The number of halogens is 1. The van der Waals surface area contributed by atoms with Gasteiger partial charge in [-0.25, -0.2) is 9.18 Å². The first-order valence-corrected chi connectivity index (χ1v) is 6.24. The molecule has 110 valence electrons. The molecule has 0 aliphatic carbocycles. The maximum absolute atomic E-state index is 13.0. The molecular formula is C15H14FNO4. The molecule has 21 heavy (non-hydrogen) atoms. The van der Waals surface area contributed by atoms with E-state index in [0.717, 1.165) is 4.57 Å². The second-order valence-electron chi connectivity index (χ2n) is 4.36. The van der Waals surface area contributed by atoms with E-state index < -0.39 is 30.0 Å². The Labute approximate surface area is 120 Å². The van der Waals surface area contributed by atoms with Gasteiger partial charge in [0.05, 0.1) is 19.8 Å². The maximum Gasteiger partial charge on any atom is 0.354 e. The van der Waals surface area contributed by atoms with Crippen LogP contribution in [0.4, 0.5) is 4.39 Å². The molecule has 0 aliphatic heterocycles. The number of esters is 1. The van der Waals surface area contributed by atoms with E-state index in [1.807, 2.05) is 0 Å². The molecule has 1 N–H and O–H groups in total. The van der Waals surface area contributed by atoms with Crippen molar-refractivity contribution in [3.05, 3.63) is 69.9 Å². The van der Waals surface area contributed by atoms with Gasteiger partial charge in [0.1, 0.15) is 11.5 Å². The van der Waals surface area contributed by atoms with Crippen molar-refractivity contribution in [2.24, 2.45) is 0 Å². The van der Waals surface area contributed by atoms with Crippen LogP contribution in [0.5, 0.6) is 0 Å². The fourth-order valence-corrected chi connectivity index (χ4v) is 2.11. The van der Waals surface area contributed by atoms with Crippen molar-refractivity contribution in [2.75, 3.05) is 13.7 Å². The number of nitrogens with zero attached hydrogens (tertiary/aromatic N) is 1. The van der Waals surface area contributed by atoms with Gasteiger partial charge in [0.15, 0.2) is 0 Å². The summed E-state index contributed by atoms with van der Waals surface area (Å²) in [6.07, 6.45) is 0. The van der Waals surface area contributed by atoms with Crippen LogP contribution in [0.3, 0.4) is 0 Å². The number of carbonyl (C=O) groups is 1. The summed E-state index contributed by atoms with van der Waals surface area (Å²) in [5, 5.41) is 9.60. The lowest BCUT2D eigenvalue weighted by molar-refractivity contribution is 0.0583. The van der Waals surface area contributed by atoms with E-state index in [1.54, 1.807) is 0 Å². The van der Waals surface area contributed by atoms with Crippen molar-refractivity contribution in [1.82, 2.24) is 4.57 Å². The number of ether oxygens (including phenoxy) is 1. The Hall–Kier alpha value is -2.47. The molecule has 6 heteroatoms. The van der Waals surface area contributed by atoms with Gasteiger partial charge in [-0.1, -0.05) is 18.2 Å². The summed E-state index contributed by atoms with van der Waals surface area (Å²) < 4.78 is 18.8. The smallest absolute Gasteiger partial charge is 0.354 e. The van der Waals surface area contributed by atoms with Crippen LogP contribution in [0, 0.1) is 5.82 Å². The number of carbonyl (C=O) groups excluding carboxylic acids is 1. The first-order valence-electron chi connectivity index (χ1n) is 6.24. The zero-order chi connectivity index (χ0) is 15.4. The topological polar surface area (TPSA) is 68.5 Å². The first-order chi connectivity index (χ1) is 10.1. The summed E-state index contributed by atoms with van der Waals surface area (Å²) in [4.78, 5) is 23.8. The molecule has 0 aliphatic rings. The Morgan fingerprint density at radius 1 is 1.29 bits per heavy atom. The standard InChI is InChI=1S/C15H14FNO4/c1-21-15(20)12-3-2-4-14(19)17(12)13(9-18)10-5-7-11(16)8-6-10/h2-8,13,18H,9H2,1H3. The van der Waals surface area contributed by atoms with Crippen LogP contribution >= 0.6 is 0 Å². The van der Waals surface area contributed by atoms with E-state index in [2.05, 4.69) is 4.74 Å². The SMILES string of the molecule is COC(=O)c1cccc(=O)n1C(CO)c1ccc(F)cc1. The van der Waals surface area contributed by atoms with Crippen LogP contribution in [-0.2, 0) is 4.74 Å². The van der Waals surface area contributed by atoms with Crippen molar-refractivity contribution in [1.29, 1.82) is 0 Å². The molecule has 0 saturated carbocycles. The van der Waals surface area contributed by atoms with Gasteiger partial charge in [0.2, 0.25) is 0 Å². The molecular weight excluding hydrogens is 277 g/mol. The third-order valence-electron chi connectivity index (χ3n) is 3.12. The lowest BCUT2D eigenvalue weighted by atomic mass is 10.1. The fourth-order valence-electron chi connectivity index (χ4n) is 2.11. The largest absolute Gasteiger partial charge is 0.464 e. The Bertz CT molecular complexity index is 694. The number of aromatic nitrogens is 1. The summed E-state index contributed by atoms with van der Waals surface area (Å²) in [6.45, 7) is -0.417. The number of pyridine rings is 1. The van der Waals surface area contributed by atoms with Gasteiger partial charge in [0.25, 0.3) is 5.56 Å². The Morgan fingerprint density at radius 3 is 2.52 bits per heavy atom. The molecule has 0 bridgehead atoms. The minimum Gasteiger partial charge on any atom is -0.464 e. The van der Waals surface area contributed by atoms with Gasteiger partial charge in [-0.15, -0.1) is 0 Å². The van der Waals surface area contributed by atoms with Crippen LogP contribution in [0.1, 0.15) is 22.1 Å². The fraction of sp³-hybridized carbons (Fsp3) is 0.200. The van der Waals surface area contributed by atoms with Gasteiger partial charge in [-0.3, -0.25) is 9.36 Å². The van der Waals surface area contributed by atoms with Gasteiger partial charge < -0.3 is 9.84 Å². The normalized spacial score (nSPS) is 12.0. The van der Waals surface area contributed by atoms with Crippen LogP contribution in [0.2, 0.25) is 0 Å². The predicted octanol–water partition coefficient (Wildman–Crippen LogP) is 1.36. The van der Waals surface area contributed by atoms with Crippen LogP contribution in [0.25, 0.3) is 0 Å². The van der Waals surface area contributed by atoms with Gasteiger partial charge in [-0.2, -0.15) is 0 Å². The van der Waals surface area contributed by atoms with Gasteiger partial charge >= 0.3 is 5.97 Å². The monoisotopic (exact) mass is 291 g/mol. The minimum absolute atomic E-state index is 0.0216. The number of aliphatic hydroxyl groups is 1. The van der Waals surface area contributed by atoms with Crippen LogP contribution in [0.15, 0.2) is 47.3 Å². The maximum atomic E-state index is 13.0. The molecule has 0 spiro atoms. The lowest BCUT2D eigenvalue weighted by Gasteiger charge is -2.20. The molecule has 0 saturated heterocycles. The van der Waals surface area contributed by atoms with Crippen LogP contribution < -0.4 is 5.56 Å². The summed E-state index contributed by atoms with van der Waals surface area (Å²) in [5.74, 6) is -1.11. The van der Waals surface area contributed by atoms with Crippen molar-refractivity contribution in [3.63, 3.8) is 0 Å². The van der Waals surface area contributed by atoms with Crippen molar-refractivity contribution >= 4 is 5.97 Å². The first kappa shape index (κ1) is 14.9. The van der Waals surface area contributed by atoms with Crippen LogP contribution in [-0.4, -0.2) is 29.4 Å². The molecule has 0 radical (unpaired) electrons. The average Bonchev–Trinajstić information content (AvgIpc) is 2.50. The molecule has 2 aromatic rings. The number of aliphatic hydroxyl groups excluding tert-OH is 1. The highest BCUT2D eigenvalue weighted by Crippen LogP contribution is 2.19. The van der Waals surface area contributed by atoms with Crippen molar-refractivity contribution < 1.29 is 19.0 Å². The minimum atomic E-state index is -0.798. The molecule has 1 aromatic carbocycles. The van der Waals surface area contributed by atoms with Gasteiger partial charge in [0, 0.05) is 6.07 Å². The summed E-state index contributed by atoms with van der Waals surface area (Å²) in [6, 6.07) is 8.71. The summed E-state index contributed by atoms with van der Waals surface area (Å²) in [7, 11) is 1.20. The third kappa shape index (κ3) is 3.00. The van der Waals surface area contributed by atoms with Gasteiger partial charge in [-0.05, 0) is 23.8 Å². The third-order valence-corrected chi connectivity index (χ3v) is 3.12. The molecule has 1 heterocycles. The number of hydrogen-bond donors (Lipinski definition) is 1. The Morgan fingerprint density at radius 2 is 1.95 bits per heavy atom. The highest BCUT2D eigenvalue weighted by molar-refractivity contribution is 5.87. The number of rotatable bonds is 4. The van der Waals surface area contributed by atoms with E-state index in [0.29, 0.717) is 5.56 Å². The molecule has 0 amide bonds. The predicted molar refractivity (Wildman–Crippen MR) is 73.7 cm³/mol. The number of methoxy groups -OCH3 is 1. The summed E-state index contributed by atoms with van der Waals surface area (Å²) >= 11 is 0. The second kappa shape index (κ2) is 6.32. The van der Waals surface area contributed by atoms with E-state index in [9.17, 15) is 19.1 Å². The second-order valence-corrected chi connectivity index (χ2v) is 4.36. The van der Waals surface area contributed by atoms with E-state index in [1.165, 1.54) is 49.6 Å².